The maximum absolute atomic E-state index is 12.7. The van der Waals surface area contributed by atoms with Crippen molar-refractivity contribution in [2.24, 2.45) is 0 Å². The number of methoxy groups -OCH3 is 1. The van der Waals surface area contributed by atoms with E-state index in [1.54, 1.807) is 18.5 Å². The Morgan fingerprint density at radius 1 is 1.11 bits per heavy atom. The molecule has 186 valence electrons. The van der Waals surface area contributed by atoms with Crippen molar-refractivity contribution in [3.05, 3.63) is 71.0 Å². The third-order valence-electron chi connectivity index (χ3n) is 5.36. The number of aromatic nitrogens is 3. The molecule has 11 heteroatoms. The molecule has 0 atom stereocenters. The van der Waals surface area contributed by atoms with Gasteiger partial charge in [0.2, 0.25) is 0 Å². The van der Waals surface area contributed by atoms with Gasteiger partial charge in [-0.1, -0.05) is 19.3 Å². The van der Waals surface area contributed by atoms with E-state index in [1.165, 1.54) is 19.4 Å². The van der Waals surface area contributed by atoms with Gasteiger partial charge in [0, 0.05) is 30.2 Å². The van der Waals surface area contributed by atoms with E-state index in [2.05, 4.69) is 25.6 Å². The Kier molecular flexibility index (Phi) is 8.82. The summed E-state index contributed by atoms with van der Waals surface area (Å²) in [5.41, 5.74) is 0.434. The molecular weight excluding hydrogens is 463 g/mol. The van der Waals surface area contributed by atoms with Gasteiger partial charge in [-0.15, -0.1) is 0 Å². The number of rotatable bonds is 4. The first kappa shape index (κ1) is 25.7. The number of aromatic amines is 1. The minimum absolute atomic E-state index is 0.00522. The van der Waals surface area contributed by atoms with Gasteiger partial charge in [-0.05, 0) is 49.2 Å². The Morgan fingerprint density at radius 2 is 1.89 bits per heavy atom. The molecule has 3 N–H and O–H groups in total. The molecule has 1 aromatic carbocycles. The zero-order chi connectivity index (χ0) is 25.3. The van der Waals surface area contributed by atoms with Crippen LogP contribution in [-0.2, 0) is 6.18 Å². The molecule has 2 heterocycles. The molecule has 0 bridgehead atoms. The van der Waals surface area contributed by atoms with Crippen LogP contribution in [0.1, 0.15) is 37.7 Å². The molecule has 0 spiro atoms. The molecule has 8 nitrogen and oxygen atoms in total. The SMILES string of the molecule is COc1ccc(C(F)(F)F)cc1NC(=O)NC1CCCCC1.O=c1nccc(-c2cccnc2)[nH]1. The second-order valence-corrected chi connectivity index (χ2v) is 7.88. The average Bonchev–Trinajstić information content (AvgIpc) is 2.85. The van der Waals surface area contributed by atoms with E-state index >= 15 is 0 Å². The first-order valence-electron chi connectivity index (χ1n) is 11.0. The average molecular weight is 489 g/mol. The summed E-state index contributed by atoms with van der Waals surface area (Å²) in [6.45, 7) is 0. The zero-order valence-corrected chi connectivity index (χ0v) is 19.1. The number of anilines is 1. The highest BCUT2D eigenvalue weighted by atomic mass is 19.4. The van der Waals surface area contributed by atoms with E-state index < -0.39 is 17.8 Å². The normalized spacial score (nSPS) is 13.8. The number of nitrogens with zero attached hydrogens (tertiary/aromatic N) is 2. The van der Waals surface area contributed by atoms with Crippen molar-refractivity contribution in [2.45, 2.75) is 44.3 Å². The molecule has 3 aromatic rings. The number of carbonyl (C=O) groups is 1. The lowest BCUT2D eigenvalue weighted by Gasteiger charge is -2.23. The van der Waals surface area contributed by atoms with Crippen LogP contribution in [0.2, 0.25) is 0 Å². The quantitative estimate of drug-likeness (QED) is 0.478. The highest BCUT2D eigenvalue weighted by Crippen LogP contribution is 2.35. The number of hydrogen-bond donors (Lipinski definition) is 3. The molecule has 1 saturated carbocycles. The van der Waals surface area contributed by atoms with Crippen LogP contribution in [0.25, 0.3) is 11.3 Å². The molecule has 1 aliphatic rings. The fraction of sp³-hybridized carbons (Fsp3) is 0.333. The molecule has 1 aliphatic carbocycles. The van der Waals surface area contributed by atoms with Gasteiger partial charge in [0.25, 0.3) is 0 Å². The van der Waals surface area contributed by atoms with E-state index in [4.69, 9.17) is 4.74 Å². The maximum atomic E-state index is 12.7. The van der Waals surface area contributed by atoms with Gasteiger partial charge >= 0.3 is 17.9 Å². The van der Waals surface area contributed by atoms with E-state index in [0.717, 1.165) is 55.5 Å². The van der Waals surface area contributed by atoms with Gasteiger partial charge in [0.05, 0.1) is 24.1 Å². The van der Waals surface area contributed by atoms with Crippen LogP contribution in [-0.4, -0.2) is 34.1 Å². The number of halogens is 3. The summed E-state index contributed by atoms with van der Waals surface area (Å²) >= 11 is 0. The van der Waals surface area contributed by atoms with Crippen LogP contribution < -0.4 is 21.1 Å². The highest BCUT2D eigenvalue weighted by Gasteiger charge is 2.31. The van der Waals surface area contributed by atoms with Crippen LogP contribution in [0.15, 0.2) is 59.8 Å². The van der Waals surface area contributed by atoms with Crippen LogP contribution in [0, 0.1) is 0 Å². The Balaban J connectivity index is 0.000000223. The number of amides is 2. The van der Waals surface area contributed by atoms with Crippen molar-refractivity contribution in [2.75, 3.05) is 12.4 Å². The molecule has 2 amide bonds. The molecule has 0 saturated heterocycles. The summed E-state index contributed by atoms with van der Waals surface area (Å²) in [5, 5.41) is 5.24. The smallest absolute Gasteiger partial charge is 0.416 e. The highest BCUT2D eigenvalue weighted by molar-refractivity contribution is 5.91. The van der Waals surface area contributed by atoms with Crippen LogP contribution in [0.3, 0.4) is 0 Å². The van der Waals surface area contributed by atoms with E-state index in [-0.39, 0.29) is 23.2 Å². The standard InChI is InChI=1S/C15H19F3N2O2.C9H7N3O/c1-22-13-8-7-10(15(16,17)18)9-12(13)20-14(21)19-11-5-3-2-4-6-11;13-9-11-5-3-8(12-9)7-2-1-4-10-6-7/h7-9,11H,2-6H2,1H3,(H2,19,20,21);1-6H,(H,11,12,13). The van der Waals surface area contributed by atoms with Crippen molar-refractivity contribution < 1.29 is 22.7 Å². The van der Waals surface area contributed by atoms with Gasteiger partial charge < -0.3 is 20.4 Å². The van der Waals surface area contributed by atoms with Gasteiger partial charge in [-0.2, -0.15) is 13.2 Å². The van der Waals surface area contributed by atoms with Crippen LogP contribution in [0.4, 0.5) is 23.7 Å². The predicted octanol–water partition coefficient (Wildman–Crippen LogP) is 5.00. The van der Waals surface area contributed by atoms with Crippen molar-refractivity contribution in [1.82, 2.24) is 20.3 Å². The summed E-state index contributed by atoms with van der Waals surface area (Å²) in [4.78, 5) is 32.9. The number of benzene rings is 1. The Labute approximate surface area is 200 Å². The third kappa shape index (κ3) is 7.83. The molecule has 35 heavy (non-hydrogen) atoms. The number of ether oxygens (including phenoxy) is 1. The molecule has 1 fully saturated rings. The molecule has 2 aromatic heterocycles. The number of nitrogens with one attached hydrogen (secondary N) is 3. The summed E-state index contributed by atoms with van der Waals surface area (Å²) in [6.07, 6.45) is 5.43. The first-order valence-corrected chi connectivity index (χ1v) is 11.0. The lowest BCUT2D eigenvalue weighted by molar-refractivity contribution is -0.137. The van der Waals surface area contributed by atoms with E-state index in [1.807, 2.05) is 12.1 Å². The third-order valence-corrected chi connectivity index (χ3v) is 5.36. The number of urea groups is 1. The predicted molar refractivity (Wildman–Crippen MR) is 125 cm³/mol. The van der Waals surface area contributed by atoms with Crippen molar-refractivity contribution in [3.63, 3.8) is 0 Å². The summed E-state index contributed by atoms with van der Waals surface area (Å²) in [5.74, 6) is 0.187. The monoisotopic (exact) mass is 489 g/mol. The zero-order valence-electron chi connectivity index (χ0n) is 19.1. The summed E-state index contributed by atoms with van der Waals surface area (Å²) < 4.78 is 43.2. The van der Waals surface area contributed by atoms with E-state index in [9.17, 15) is 22.8 Å². The van der Waals surface area contributed by atoms with Crippen LogP contribution in [0.5, 0.6) is 5.75 Å². The van der Waals surface area contributed by atoms with Gasteiger partial charge in [0.15, 0.2) is 0 Å². The second-order valence-electron chi connectivity index (χ2n) is 7.88. The maximum Gasteiger partial charge on any atom is 0.416 e. The van der Waals surface area contributed by atoms with Crippen LogP contribution >= 0.6 is 0 Å². The second kappa shape index (κ2) is 12.0. The lowest BCUT2D eigenvalue weighted by Crippen LogP contribution is -2.39. The minimum Gasteiger partial charge on any atom is -0.495 e. The van der Waals surface area contributed by atoms with Gasteiger partial charge in [0.1, 0.15) is 5.75 Å². The van der Waals surface area contributed by atoms with Crippen molar-refractivity contribution >= 4 is 11.7 Å². The Morgan fingerprint density at radius 3 is 2.51 bits per heavy atom. The molecular formula is C24H26F3N5O3. The Bertz CT molecular complexity index is 1160. The fourth-order valence-corrected chi connectivity index (χ4v) is 3.63. The molecule has 4 rings (SSSR count). The topological polar surface area (TPSA) is 109 Å². The number of hydrogen-bond acceptors (Lipinski definition) is 5. The van der Waals surface area contributed by atoms with Crippen molar-refractivity contribution in [1.29, 1.82) is 0 Å². The number of H-pyrrole nitrogens is 1. The number of pyridine rings is 1. The number of carbonyl (C=O) groups excluding carboxylic acids is 1. The molecule has 0 unspecified atom stereocenters. The molecule has 0 radical (unpaired) electrons. The molecule has 0 aliphatic heterocycles. The summed E-state index contributed by atoms with van der Waals surface area (Å²) in [6, 6.07) is 7.97. The largest absolute Gasteiger partial charge is 0.495 e. The summed E-state index contributed by atoms with van der Waals surface area (Å²) in [7, 11) is 1.34. The lowest BCUT2D eigenvalue weighted by atomic mass is 9.96. The Hall–Kier alpha value is -3.89. The van der Waals surface area contributed by atoms with Gasteiger partial charge in [-0.25, -0.2) is 14.6 Å². The minimum atomic E-state index is -4.47. The fourth-order valence-electron chi connectivity index (χ4n) is 3.63. The number of alkyl halides is 3. The van der Waals surface area contributed by atoms with Crippen molar-refractivity contribution in [3.8, 4) is 17.0 Å². The van der Waals surface area contributed by atoms with E-state index in [0.29, 0.717) is 0 Å². The van der Waals surface area contributed by atoms with Gasteiger partial charge in [-0.3, -0.25) is 4.98 Å². The first-order chi connectivity index (χ1) is 16.8.